The number of ether oxygens (including phenoxy) is 1. The monoisotopic (exact) mass is 272 g/mol. The summed E-state index contributed by atoms with van der Waals surface area (Å²) in [6.07, 6.45) is 0. The molecule has 1 aromatic carbocycles. The maximum atomic E-state index is 13.1. The normalized spacial score (nSPS) is 12.3. The van der Waals surface area contributed by atoms with Crippen molar-refractivity contribution in [3.05, 3.63) is 35.4 Å². The molecule has 0 heterocycles. The second kappa shape index (κ2) is 7.16. The lowest BCUT2D eigenvalue weighted by molar-refractivity contribution is -0.136. The molecule has 1 aromatic rings. The summed E-state index contributed by atoms with van der Waals surface area (Å²) in [6, 6.07) is 3.21. The smallest absolute Gasteiger partial charge is 0.248 e. The molecule has 4 nitrogen and oxygen atoms in total. The van der Waals surface area contributed by atoms with Gasteiger partial charge < -0.3 is 15.4 Å². The number of hydrogen-bond acceptors (Lipinski definition) is 3. The van der Waals surface area contributed by atoms with Gasteiger partial charge in [0.25, 0.3) is 0 Å². The third-order valence-corrected chi connectivity index (χ3v) is 2.89. The van der Waals surface area contributed by atoms with Crippen molar-refractivity contribution < 1.29 is 18.3 Å². The maximum absolute atomic E-state index is 13.1. The Balaban J connectivity index is 2.67. The number of amides is 1. The summed E-state index contributed by atoms with van der Waals surface area (Å²) in [5, 5.41) is 0. The molecule has 0 bridgehead atoms. The highest BCUT2D eigenvalue weighted by Gasteiger charge is 2.18. The first-order chi connectivity index (χ1) is 8.97. The third kappa shape index (κ3) is 4.25. The Morgan fingerprint density at radius 1 is 1.42 bits per heavy atom. The third-order valence-electron chi connectivity index (χ3n) is 2.89. The minimum absolute atomic E-state index is 0.0816. The predicted octanol–water partition coefficient (Wildman–Crippen LogP) is 1.46. The molecule has 0 saturated heterocycles. The van der Waals surface area contributed by atoms with Crippen LogP contribution in [0.15, 0.2) is 18.2 Å². The summed E-state index contributed by atoms with van der Waals surface area (Å²) in [5.74, 6) is -2.08. The Labute approximate surface area is 111 Å². The van der Waals surface area contributed by atoms with Gasteiger partial charge >= 0.3 is 0 Å². The number of hydrogen-bond donors (Lipinski definition) is 1. The maximum Gasteiger partial charge on any atom is 0.248 e. The summed E-state index contributed by atoms with van der Waals surface area (Å²) in [6.45, 7) is 2.30. The highest BCUT2D eigenvalue weighted by molar-refractivity contribution is 5.77. The van der Waals surface area contributed by atoms with Gasteiger partial charge in [0, 0.05) is 13.6 Å². The van der Waals surface area contributed by atoms with Gasteiger partial charge in [0.1, 0.15) is 6.61 Å². The van der Waals surface area contributed by atoms with Gasteiger partial charge in [0.05, 0.1) is 12.6 Å². The molecule has 0 aliphatic heterocycles. The fourth-order valence-corrected chi connectivity index (χ4v) is 1.56. The largest absolute Gasteiger partial charge is 0.370 e. The average molecular weight is 272 g/mol. The van der Waals surface area contributed by atoms with E-state index in [1.54, 1.807) is 14.0 Å². The van der Waals surface area contributed by atoms with Crippen molar-refractivity contribution in [1.82, 2.24) is 4.90 Å². The topological polar surface area (TPSA) is 55.6 Å². The zero-order chi connectivity index (χ0) is 14.4. The summed E-state index contributed by atoms with van der Waals surface area (Å²) in [7, 11) is 1.58. The van der Waals surface area contributed by atoms with Gasteiger partial charge in [-0.1, -0.05) is 6.07 Å². The fourth-order valence-electron chi connectivity index (χ4n) is 1.56. The van der Waals surface area contributed by atoms with E-state index in [0.29, 0.717) is 18.7 Å². The van der Waals surface area contributed by atoms with Gasteiger partial charge in [0.15, 0.2) is 11.6 Å². The van der Waals surface area contributed by atoms with Crippen molar-refractivity contribution in [3.8, 4) is 0 Å². The van der Waals surface area contributed by atoms with E-state index in [4.69, 9.17) is 10.5 Å². The molecule has 1 atom stereocenters. The molecule has 0 fully saturated rings. The van der Waals surface area contributed by atoms with Crippen molar-refractivity contribution in [1.29, 1.82) is 0 Å². The molecule has 1 rings (SSSR count). The molecule has 106 valence electrons. The molecule has 0 aromatic heterocycles. The zero-order valence-corrected chi connectivity index (χ0v) is 11.0. The Kier molecular flexibility index (Phi) is 5.85. The summed E-state index contributed by atoms with van der Waals surface area (Å²) < 4.78 is 31.0. The summed E-state index contributed by atoms with van der Waals surface area (Å²) in [5.41, 5.74) is 5.77. The molecule has 2 N–H and O–H groups in total. The van der Waals surface area contributed by atoms with Crippen molar-refractivity contribution in [2.45, 2.75) is 13.0 Å². The number of nitrogens with zero attached hydrogens (tertiary/aromatic N) is 1. The van der Waals surface area contributed by atoms with Crippen LogP contribution < -0.4 is 5.73 Å². The van der Waals surface area contributed by atoms with Crippen molar-refractivity contribution >= 4 is 5.91 Å². The lowest BCUT2D eigenvalue weighted by atomic mass is 10.1. The van der Waals surface area contributed by atoms with Gasteiger partial charge in [0.2, 0.25) is 5.91 Å². The molecule has 0 radical (unpaired) electrons. The molecular weight excluding hydrogens is 254 g/mol. The Morgan fingerprint density at radius 2 is 2.11 bits per heavy atom. The highest BCUT2D eigenvalue weighted by Crippen LogP contribution is 2.20. The summed E-state index contributed by atoms with van der Waals surface area (Å²) in [4.78, 5) is 13.2. The van der Waals surface area contributed by atoms with Crippen LogP contribution in [0.3, 0.4) is 0 Å². The van der Waals surface area contributed by atoms with Crippen molar-refractivity contribution in [2.24, 2.45) is 5.73 Å². The van der Waals surface area contributed by atoms with E-state index in [9.17, 15) is 13.6 Å². The predicted molar refractivity (Wildman–Crippen MR) is 67.4 cm³/mol. The van der Waals surface area contributed by atoms with Crippen LogP contribution >= 0.6 is 0 Å². The minimum atomic E-state index is -0.926. The van der Waals surface area contributed by atoms with Crippen LogP contribution in [0, 0.1) is 11.6 Å². The number of halogens is 2. The number of rotatable bonds is 6. The first kappa shape index (κ1) is 15.5. The second-order valence-electron chi connectivity index (χ2n) is 4.20. The van der Waals surface area contributed by atoms with Crippen LogP contribution in [0.4, 0.5) is 8.78 Å². The summed E-state index contributed by atoms with van der Waals surface area (Å²) >= 11 is 0. The first-order valence-corrected chi connectivity index (χ1v) is 5.95. The molecule has 0 saturated carbocycles. The minimum Gasteiger partial charge on any atom is -0.370 e. The van der Waals surface area contributed by atoms with E-state index in [1.807, 2.05) is 0 Å². The quantitative estimate of drug-likeness (QED) is 0.798. The van der Waals surface area contributed by atoms with Crippen molar-refractivity contribution in [3.63, 3.8) is 0 Å². The van der Waals surface area contributed by atoms with E-state index in [1.165, 1.54) is 11.0 Å². The Bertz CT molecular complexity index is 441. The van der Waals surface area contributed by atoms with Crippen LogP contribution in [-0.4, -0.2) is 37.6 Å². The van der Waals surface area contributed by atoms with Crippen molar-refractivity contribution in [2.75, 3.05) is 26.8 Å². The Morgan fingerprint density at radius 3 is 2.68 bits per heavy atom. The molecule has 0 aliphatic carbocycles. The standard InChI is InChI=1S/C13H18F2N2O2/c1-9(10-3-4-11(14)12(15)7-10)17(2)13(18)8-19-6-5-16/h3-4,7,9H,5-6,8,16H2,1-2H3. The number of nitrogens with two attached hydrogens (primary N) is 1. The van der Waals surface area contributed by atoms with E-state index in [-0.39, 0.29) is 18.6 Å². The molecule has 1 unspecified atom stereocenters. The molecule has 0 spiro atoms. The lowest BCUT2D eigenvalue weighted by Crippen LogP contribution is -2.33. The molecule has 6 heteroatoms. The van der Waals surface area contributed by atoms with Gasteiger partial charge in [-0.15, -0.1) is 0 Å². The number of benzene rings is 1. The molecule has 1 amide bonds. The second-order valence-corrected chi connectivity index (χ2v) is 4.20. The number of carbonyl (C=O) groups is 1. The van der Waals surface area contributed by atoms with Gasteiger partial charge in [-0.2, -0.15) is 0 Å². The highest BCUT2D eigenvalue weighted by atomic mass is 19.2. The van der Waals surface area contributed by atoms with Gasteiger partial charge in [-0.3, -0.25) is 4.79 Å². The first-order valence-electron chi connectivity index (χ1n) is 5.95. The van der Waals surface area contributed by atoms with Crippen LogP contribution in [-0.2, 0) is 9.53 Å². The average Bonchev–Trinajstić information content (AvgIpc) is 2.40. The van der Waals surface area contributed by atoms with Crippen LogP contribution in [0.2, 0.25) is 0 Å². The lowest BCUT2D eigenvalue weighted by Gasteiger charge is -2.25. The van der Waals surface area contributed by atoms with Gasteiger partial charge in [-0.05, 0) is 24.6 Å². The molecule has 19 heavy (non-hydrogen) atoms. The van der Waals surface area contributed by atoms with E-state index in [0.717, 1.165) is 12.1 Å². The number of carbonyl (C=O) groups excluding carboxylic acids is 1. The zero-order valence-electron chi connectivity index (χ0n) is 11.0. The van der Waals surface area contributed by atoms with E-state index >= 15 is 0 Å². The van der Waals surface area contributed by atoms with Crippen LogP contribution in [0.1, 0.15) is 18.5 Å². The molecule has 0 aliphatic rings. The SMILES string of the molecule is CC(c1ccc(F)c(F)c1)N(C)C(=O)COCCN. The van der Waals surface area contributed by atoms with E-state index < -0.39 is 11.6 Å². The van der Waals surface area contributed by atoms with Crippen LogP contribution in [0.5, 0.6) is 0 Å². The van der Waals surface area contributed by atoms with E-state index in [2.05, 4.69) is 0 Å². The molecular formula is C13H18F2N2O2. The number of likely N-dealkylation sites (N-methyl/N-ethyl adjacent to an activating group) is 1. The van der Waals surface area contributed by atoms with Gasteiger partial charge in [-0.25, -0.2) is 8.78 Å². The Hall–Kier alpha value is -1.53. The fraction of sp³-hybridized carbons (Fsp3) is 0.462. The van der Waals surface area contributed by atoms with Crippen LogP contribution in [0.25, 0.3) is 0 Å².